The molecule has 0 aliphatic rings. The number of nitrogens with one attached hydrogen (secondary N) is 2. The topological polar surface area (TPSA) is 49.8 Å². The summed E-state index contributed by atoms with van der Waals surface area (Å²) in [4.78, 5) is 8.31. The Morgan fingerprint density at radius 2 is 2.05 bits per heavy atom. The van der Waals surface area contributed by atoms with Crippen molar-refractivity contribution in [1.82, 2.24) is 9.97 Å². The lowest BCUT2D eigenvalue weighted by Crippen LogP contribution is -2.09. The van der Waals surface area contributed by atoms with Crippen LogP contribution in [0.3, 0.4) is 0 Å². The van der Waals surface area contributed by atoms with Gasteiger partial charge in [-0.05, 0) is 37.1 Å². The van der Waals surface area contributed by atoms with E-state index >= 15 is 0 Å². The molecule has 5 heteroatoms. The first-order chi connectivity index (χ1) is 9.10. The van der Waals surface area contributed by atoms with Gasteiger partial charge in [-0.2, -0.15) is 4.98 Å². The van der Waals surface area contributed by atoms with Gasteiger partial charge >= 0.3 is 0 Å². The van der Waals surface area contributed by atoms with Crippen molar-refractivity contribution >= 4 is 11.8 Å². The zero-order valence-electron chi connectivity index (χ0n) is 11.2. The molecule has 0 radical (unpaired) electrons. The lowest BCUT2D eigenvalue weighted by atomic mass is 10.1. The summed E-state index contributed by atoms with van der Waals surface area (Å²) in [6.45, 7) is 3.71. The van der Waals surface area contributed by atoms with Crippen molar-refractivity contribution in [3.05, 3.63) is 47.4 Å². The van der Waals surface area contributed by atoms with Gasteiger partial charge in [-0.3, -0.25) is 0 Å². The van der Waals surface area contributed by atoms with Crippen LogP contribution in [0.2, 0.25) is 0 Å². The summed E-state index contributed by atoms with van der Waals surface area (Å²) in [6.07, 6.45) is 1.67. The number of benzene rings is 1. The summed E-state index contributed by atoms with van der Waals surface area (Å²) in [5.41, 5.74) is 1.53. The summed E-state index contributed by atoms with van der Waals surface area (Å²) >= 11 is 0. The molecule has 19 heavy (non-hydrogen) atoms. The van der Waals surface area contributed by atoms with Gasteiger partial charge in [-0.15, -0.1) is 0 Å². The molecule has 100 valence electrons. The van der Waals surface area contributed by atoms with E-state index in [1.807, 2.05) is 13.0 Å². The average molecular weight is 260 g/mol. The smallest absolute Gasteiger partial charge is 0.224 e. The number of hydrogen-bond acceptors (Lipinski definition) is 4. The number of nitrogens with zero attached hydrogens (tertiary/aromatic N) is 2. The molecular weight excluding hydrogens is 243 g/mol. The van der Waals surface area contributed by atoms with E-state index in [2.05, 4.69) is 20.6 Å². The first kappa shape index (κ1) is 13.3. The molecule has 1 heterocycles. The molecule has 2 aromatic rings. The maximum absolute atomic E-state index is 13.5. The van der Waals surface area contributed by atoms with E-state index in [0.717, 1.165) is 5.56 Å². The third kappa shape index (κ3) is 3.19. The normalized spacial score (nSPS) is 12.0. The fraction of sp³-hybridized carbons (Fsp3) is 0.286. The third-order valence-corrected chi connectivity index (χ3v) is 2.94. The Bertz CT molecular complexity index is 571. The molecule has 0 aliphatic heterocycles. The highest BCUT2D eigenvalue weighted by Gasteiger charge is 2.08. The molecule has 0 bridgehead atoms. The van der Waals surface area contributed by atoms with Crippen molar-refractivity contribution in [2.45, 2.75) is 19.9 Å². The second kappa shape index (κ2) is 5.65. The molecule has 1 atom stereocenters. The zero-order valence-corrected chi connectivity index (χ0v) is 11.2. The molecule has 0 aliphatic carbocycles. The highest BCUT2D eigenvalue weighted by atomic mass is 19.1. The summed E-state index contributed by atoms with van der Waals surface area (Å²) in [5.74, 6) is 1.06. The molecule has 1 unspecified atom stereocenters. The fourth-order valence-electron chi connectivity index (χ4n) is 1.74. The Labute approximate surface area is 112 Å². The highest BCUT2D eigenvalue weighted by Crippen LogP contribution is 2.20. The van der Waals surface area contributed by atoms with Crippen LogP contribution in [0.1, 0.15) is 24.1 Å². The van der Waals surface area contributed by atoms with Gasteiger partial charge in [0.25, 0.3) is 0 Å². The van der Waals surface area contributed by atoms with E-state index in [4.69, 9.17) is 0 Å². The van der Waals surface area contributed by atoms with Crippen molar-refractivity contribution in [3.8, 4) is 0 Å². The summed E-state index contributed by atoms with van der Waals surface area (Å²) in [7, 11) is 1.76. The van der Waals surface area contributed by atoms with Gasteiger partial charge in [-0.1, -0.05) is 12.1 Å². The van der Waals surface area contributed by atoms with Crippen molar-refractivity contribution in [2.75, 3.05) is 17.7 Å². The number of halogens is 1. The van der Waals surface area contributed by atoms with E-state index < -0.39 is 0 Å². The van der Waals surface area contributed by atoms with Crippen LogP contribution >= 0.6 is 0 Å². The monoisotopic (exact) mass is 260 g/mol. The summed E-state index contributed by atoms with van der Waals surface area (Å²) < 4.78 is 13.5. The maximum atomic E-state index is 13.5. The van der Waals surface area contributed by atoms with Gasteiger partial charge in [0, 0.05) is 13.2 Å². The molecule has 0 spiro atoms. The number of hydrogen-bond donors (Lipinski definition) is 2. The van der Waals surface area contributed by atoms with Crippen LogP contribution in [0.4, 0.5) is 16.2 Å². The van der Waals surface area contributed by atoms with E-state index in [1.165, 1.54) is 0 Å². The molecule has 4 nitrogen and oxygen atoms in total. The summed E-state index contributed by atoms with van der Waals surface area (Å²) in [6, 6.07) is 6.99. The number of anilines is 2. The zero-order chi connectivity index (χ0) is 13.8. The minimum atomic E-state index is -0.190. The minimum Gasteiger partial charge on any atom is -0.363 e. The van der Waals surface area contributed by atoms with Crippen molar-refractivity contribution in [2.24, 2.45) is 0 Å². The number of rotatable bonds is 4. The van der Waals surface area contributed by atoms with Crippen LogP contribution < -0.4 is 10.6 Å². The van der Waals surface area contributed by atoms with E-state index in [1.54, 1.807) is 38.4 Å². The Morgan fingerprint density at radius 1 is 1.26 bits per heavy atom. The van der Waals surface area contributed by atoms with Gasteiger partial charge < -0.3 is 10.6 Å². The van der Waals surface area contributed by atoms with E-state index in [0.29, 0.717) is 17.3 Å². The van der Waals surface area contributed by atoms with Crippen LogP contribution in [-0.2, 0) is 0 Å². The molecular formula is C14H17FN4. The molecule has 1 aromatic carbocycles. The van der Waals surface area contributed by atoms with Crippen LogP contribution in [0, 0.1) is 12.7 Å². The quantitative estimate of drug-likeness (QED) is 0.886. The number of aromatic nitrogens is 2. The molecule has 0 fully saturated rings. The predicted molar refractivity (Wildman–Crippen MR) is 74.8 cm³/mol. The first-order valence-corrected chi connectivity index (χ1v) is 6.13. The van der Waals surface area contributed by atoms with Crippen LogP contribution in [0.5, 0.6) is 0 Å². The molecule has 2 N–H and O–H groups in total. The van der Waals surface area contributed by atoms with Gasteiger partial charge in [0.2, 0.25) is 5.95 Å². The van der Waals surface area contributed by atoms with Crippen LogP contribution in [0.15, 0.2) is 30.5 Å². The van der Waals surface area contributed by atoms with Crippen molar-refractivity contribution in [1.29, 1.82) is 0 Å². The van der Waals surface area contributed by atoms with Crippen molar-refractivity contribution in [3.63, 3.8) is 0 Å². The first-order valence-electron chi connectivity index (χ1n) is 6.13. The Hall–Kier alpha value is -2.17. The van der Waals surface area contributed by atoms with Crippen LogP contribution in [0.25, 0.3) is 0 Å². The number of aryl methyl sites for hydroxylation is 1. The second-order valence-electron chi connectivity index (χ2n) is 4.39. The molecule has 0 saturated carbocycles. The lowest BCUT2D eigenvalue weighted by Gasteiger charge is -2.15. The standard InChI is InChI=1S/C14H17FN4/c1-9-4-5-11(8-12(9)15)10(2)18-13-6-7-17-14(16-3)19-13/h4-8,10H,1-3H3,(H2,16,17,18,19). The molecule has 2 rings (SSSR count). The third-order valence-electron chi connectivity index (χ3n) is 2.94. The molecule has 1 aromatic heterocycles. The molecule has 0 amide bonds. The van der Waals surface area contributed by atoms with E-state index in [-0.39, 0.29) is 11.9 Å². The van der Waals surface area contributed by atoms with Crippen LogP contribution in [-0.4, -0.2) is 17.0 Å². The maximum Gasteiger partial charge on any atom is 0.224 e. The second-order valence-corrected chi connectivity index (χ2v) is 4.39. The predicted octanol–water partition coefficient (Wildman–Crippen LogP) is 3.14. The van der Waals surface area contributed by atoms with Gasteiger partial charge in [0.1, 0.15) is 11.6 Å². The fourth-order valence-corrected chi connectivity index (χ4v) is 1.74. The average Bonchev–Trinajstić information content (AvgIpc) is 2.42. The largest absolute Gasteiger partial charge is 0.363 e. The van der Waals surface area contributed by atoms with E-state index in [9.17, 15) is 4.39 Å². The van der Waals surface area contributed by atoms with Gasteiger partial charge in [-0.25, -0.2) is 9.37 Å². The molecule has 0 saturated heterocycles. The van der Waals surface area contributed by atoms with Gasteiger partial charge in [0.05, 0.1) is 6.04 Å². The SMILES string of the molecule is CNc1nccc(NC(C)c2ccc(C)c(F)c2)n1. The lowest BCUT2D eigenvalue weighted by molar-refractivity contribution is 0.614. The Balaban J connectivity index is 2.15. The minimum absolute atomic E-state index is 0.0327. The Morgan fingerprint density at radius 3 is 2.74 bits per heavy atom. The summed E-state index contributed by atoms with van der Waals surface area (Å²) in [5, 5.41) is 6.10. The highest BCUT2D eigenvalue weighted by molar-refractivity contribution is 5.42. The van der Waals surface area contributed by atoms with Crippen molar-refractivity contribution < 1.29 is 4.39 Å². The van der Waals surface area contributed by atoms with Gasteiger partial charge in [0.15, 0.2) is 0 Å². The Kier molecular flexibility index (Phi) is 3.94.